The first-order chi connectivity index (χ1) is 11.2. The molecule has 3 heteroatoms. The minimum atomic E-state index is 0.463. The summed E-state index contributed by atoms with van der Waals surface area (Å²) in [6.07, 6.45) is 6.59. The van der Waals surface area contributed by atoms with E-state index in [9.17, 15) is 0 Å². The monoisotopic (exact) mass is 318 g/mol. The molecular formula is C20H30O3. The van der Waals surface area contributed by atoms with Crippen LogP contribution in [0.25, 0.3) is 0 Å². The van der Waals surface area contributed by atoms with Gasteiger partial charge in [-0.05, 0) is 42.9 Å². The van der Waals surface area contributed by atoms with Gasteiger partial charge in [0.25, 0.3) is 0 Å². The summed E-state index contributed by atoms with van der Waals surface area (Å²) >= 11 is 0. The Labute approximate surface area is 140 Å². The van der Waals surface area contributed by atoms with Gasteiger partial charge in [0.15, 0.2) is 0 Å². The second-order valence-corrected chi connectivity index (χ2v) is 7.06. The minimum Gasteiger partial charge on any atom is -0.496 e. The maximum atomic E-state index is 5.74. The van der Waals surface area contributed by atoms with E-state index in [1.165, 1.54) is 37.7 Å². The van der Waals surface area contributed by atoms with Crippen molar-refractivity contribution in [3.05, 3.63) is 17.7 Å². The Morgan fingerprint density at radius 3 is 2.00 bits per heavy atom. The smallest absolute Gasteiger partial charge is 0.129 e. The molecule has 128 valence electrons. The number of methoxy groups -OCH3 is 3. The fourth-order valence-corrected chi connectivity index (χ4v) is 5.04. The summed E-state index contributed by atoms with van der Waals surface area (Å²) in [4.78, 5) is 0. The lowest BCUT2D eigenvalue weighted by Crippen LogP contribution is -2.08. The van der Waals surface area contributed by atoms with E-state index in [2.05, 4.69) is 13.8 Å². The van der Waals surface area contributed by atoms with Gasteiger partial charge in [0.05, 0.1) is 21.3 Å². The van der Waals surface area contributed by atoms with E-state index in [4.69, 9.17) is 14.2 Å². The van der Waals surface area contributed by atoms with Crippen molar-refractivity contribution < 1.29 is 14.2 Å². The standard InChI is InChI=1S/C20H30O3/c1-6-8-15-19(20(15,7-2)13-9-10-13)18-16(22-4)11-14(21-3)12-17(18)23-5/h11-13,15,19H,6-10H2,1-5H3. The molecule has 3 rings (SSSR count). The van der Waals surface area contributed by atoms with Gasteiger partial charge in [-0.2, -0.15) is 0 Å². The van der Waals surface area contributed by atoms with Gasteiger partial charge in [0.2, 0.25) is 0 Å². The van der Waals surface area contributed by atoms with Crippen LogP contribution in [-0.2, 0) is 0 Å². The molecule has 23 heavy (non-hydrogen) atoms. The summed E-state index contributed by atoms with van der Waals surface area (Å²) in [6.45, 7) is 4.66. The van der Waals surface area contributed by atoms with Crippen molar-refractivity contribution in [2.45, 2.75) is 51.9 Å². The molecule has 0 radical (unpaired) electrons. The van der Waals surface area contributed by atoms with Crippen molar-refractivity contribution >= 4 is 0 Å². The molecule has 0 bridgehead atoms. The van der Waals surface area contributed by atoms with Gasteiger partial charge in [0.1, 0.15) is 17.2 Å². The summed E-state index contributed by atoms with van der Waals surface area (Å²) < 4.78 is 16.9. The number of ether oxygens (including phenoxy) is 3. The highest BCUT2D eigenvalue weighted by atomic mass is 16.5. The molecule has 2 aliphatic rings. The van der Waals surface area contributed by atoms with Crippen LogP contribution in [0.15, 0.2) is 12.1 Å². The molecule has 2 saturated carbocycles. The second-order valence-electron chi connectivity index (χ2n) is 7.06. The summed E-state index contributed by atoms with van der Waals surface area (Å²) in [5.41, 5.74) is 1.73. The fourth-order valence-electron chi connectivity index (χ4n) is 5.04. The first kappa shape index (κ1) is 16.5. The van der Waals surface area contributed by atoms with Crippen LogP contribution in [0.5, 0.6) is 17.2 Å². The molecule has 3 atom stereocenters. The summed E-state index contributed by atoms with van der Waals surface area (Å²) in [6, 6.07) is 4.01. The molecule has 0 saturated heterocycles. The van der Waals surface area contributed by atoms with E-state index >= 15 is 0 Å². The van der Waals surface area contributed by atoms with Crippen molar-refractivity contribution in [2.24, 2.45) is 17.3 Å². The Morgan fingerprint density at radius 1 is 1.00 bits per heavy atom. The molecule has 3 nitrogen and oxygen atoms in total. The van der Waals surface area contributed by atoms with Crippen molar-refractivity contribution in [3.63, 3.8) is 0 Å². The lowest BCUT2D eigenvalue weighted by atomic mass is 9.89. The van der Waals surface area contributed by atoms with Crippen molar-refractivity contribution in [1.29, 1.82) is 0 Å². The first-order valence-electron chi connectivity index (χ1n) is 8.97. The molecule has 1 aromatic rings. The zero-order valence-corrected chi connectivity index (χ0v) is 15.1. The second kappa shape index (κ2) is 6.26. The van der Waals surface area contributed by atoms with Gasteiger partial charge in [-0.1, -0.05) is 20.3 Å². The molecule has 0 aliphatic heterocycles. The Balaban J connectivity index is 2.06. The average molecular weight is 318 g/mol. The van der Waals surface area contributed by atoms with Crippen LogP contribution >= 0.6 is 0 Å². The molecule has 2 aliphatic carbocycles. The lowest BCUT2D eigenvalue weighted by Gasteiger charge is -2.19. The van der Waals surface area contributed by atoms with Crippen LogP contribution in [-0.4, -0.2) is 21.3 Å². The van der Waals surface area contributed by atoms with Crippen LogP contribution in [0.4, 0.5) is 0 Å². The van der Waals surface area contributed by atoms with Crippen molar-refractivity contribution in [2.75, 3.05) is 21.3 Å². The highest BCUT2D eigenvalue weighted by molar-refractivity contribution is 5.56. The number of hydrogen-bond donors (Lipinski definition) is 0. The summed E-state index contributed by atoms with van der Waals surface area (Å²) in [5, 5.41) is 0. The zero-order valence-electron chi connectivity index (χ0n) is 15.1. The maximum Gasteiger partial charge on any atom is 0.129 e. The topological polar surface area (TPSA) is 27.7 Å². The number of benzene rings is 1. The van der Waals surface area contributed by atoms with Gasteiger partial charge >= 0.3 is 0 Å². The lowest BCUT2D eigenvalue weighted by molar-refractivity contribution is 0.348. The Hall–Kier alpha value is -1.38. The Kier molecular flexibility index (Phi) is 4.48. The fraction of sp³-hybridized carbons (Fsp3) is 0.700. The molecule has 3 unspecified atom stereocenters. The predicted octanol–water partition coefficient (Wildman–Crippen LogP) is 5.03. The Bertz CT molecular complexity index is 539. The summed E-state index contributed by atoms with van der Waals surface area (Å²) in [7, 11) is 5.19. The minimum absolute atomic E-state index is 0.463. The molecule has 0 N–H and O–H groups in total. The number of rotatable bonds is 8. The number of hydrogen-bond acceptors (Lipinski definition) is 3. The van der Waals surface area contributed by atoms with Gasteiger partial charge in [-0.25, -0.2) is 0 Å². The zero-order chi connectivity index (χ0) is 16.6. The van der Waals surface area contributed by atoms with Gasteiger partial charge in [0, 0.05) is 23.6 Å². The summed E-state index contributed by atoms with van der Waals surface area (Å²) in [5.74, 6) is 4.86. The van der Waals surface area contributed by atoms with E-state index in [1.54, 1.807) is 21.3 Å². The van der Waals surface area contributed by atoms with Crippen molar-refractivity contribution in [3.8, 4) is 17.2 Å². The first-order valence-corrected chi connectivity index (χ1v) is 8.97. The molecular weight excluding hydrogens is 288 g/mol. The highest BCUT2D eigenvalue weighted by Crippen LogP contribution is 2.78. The van der Waals surface area contributed by atoms with E-state index in [0.29, 0.717) is 11.3 Å². The molecule has 0 amide bonds. The normalized spacial score (nSPS) is 29.3. The predicted molar refractivity (Wildman–Crippen MR) is 92.7 cm³/mol. The van der Waals surface area contributed by atoms with E-state index in [-0.39, 0.29) is 0 Å². The highest BCUT2D eigenvalue weighted by Gasteiger charge is 2.69. The largest absolute Gasteiger partial charge is 0.496 e. The van der Waals surface area contributed by atoms with E-state index < -0.39 is 0 Å². The van der Waals surface area contributed by atoms with Crippen LogP contribution in [0.2, 0.25) is 0 Å². The average Bonchev–Trinajstić information content (AvgIpc) is 3.48. The van der Waals surface area contributed by atoms with Crippen molar-refractivity contribution in [1.82, 2.24) is 0 Å². The van der Waals surface area contributed by atoms with Gasteiger partial charge in [-0.15, -0.1) is 0 Å². The Morgan fingerprint density at radius 2 is 1.61 bits per heavy atom. The van der Waals surface area contributed by atoms with E-state index in [1.807, 2.05) is 12.1 Å². The third-order valence-electron chi connectivity index (χ3n) is 6.18. The SMILES string of the molecule is CCCC1C(c2c(OC)cc(OC)cc2OC)C1(CC)C1CC1. The van der Waals surface area contributed by atoms with Crippen LogP contribution in [0.3, 0.4) is 0 Å². The van der Waals surface area contributed by atoms with E-state index in [0.717, 1.165) is 29.1 Å². The third-order valence-corrected chi connectivity index (χ3v) is 6.18. The van der Waals surface area contributed by atoms with Gasteiger partial charge < -0.3 is 14.2 Å². The molecule has 0 spiro atoms. The molecule has 0 aromatic heterocycles. The van der Waals surface area contributed by atoms with Crippen LogP contribution in [0, 0.1) is 17.3 Å². The molecule has 2 fully saturated rings. The van der Waals surface area contributed by atoms with Gasteiger partial charge in [-0.3, -0.25) is 0 Å². The van der Waals surface area contributed by atoms with Crippen LogP contribution in [0.1, 0.15) is 57.4 Å². The maximum absolute atomic E-state index is 5.74. The van der Waals surface area contributed by atoms with Crippen LogP contribution < -0.4 is 14.2 Å². The molecule has 1 aromatic carbocycles. The third kappa shape index (κ3) is 2.49. The quantitative estimate of drug-likeness (QED) is 0.672. The molecule has 0 heterocycles.